The molecule has 0 heterocycles. The first-order chi connectivity index (χ1) is 8.65. The quantitative estimate of drug-likeness (QED) is 0.752. The molecule has 0 spiro atoms. The monoisotopic (exact) mass is 276 g/mol. The van der Waals surface area contributed by atoms with Crippen molar-refractivity contribution in [2.75, 3.05) is 0 Å². The number of rotatable bonds is 2. The Bertz CT molecular complexity index is 519. The predicted molar refractivity (Wildman–Crippen MR) is 80.1 cm³/mol. The average molecular weight is 277 g/mol. The van der Waals surface area contributed by atoms with E-state index in [2.05, 4.69) is 0 Å². The van der Waals surface area contributed by atoms with Crippen LogP contribution in [0, 0.1) is 6.92 Å². The minimum Gasteiger partial charge on any atom is -0.298 e. The Labute approximate surface area is 119 Å². The van der Waals surface area contributed by atoms with Gasteiger partial charge >= 0.3 is 0 Å². The highest BCUT2D eigenvalue weighted by Crippen LogP contribution is 2.08. The number of aldehydes is 2. The predicted octanol–water partition coefficient (Wildman–Crippen LogP) is 4.60. The van der Waals surface area contributed by atoms with E-state index in [-0.39, 0.29) is 7.43 Å². The maximum Gasteiger partial charge on any atom is 0.150 e. The molecule has 0 saturated carbocycles. The van der Waals surface area contributed by atoms with E-state index in [0.29, 0.717) is 10.6 Å². The average Bonchev–Trinajstić information content (AvgIpc) is 2.40. The van der Waals surface area contributed by atoms with Crippen molar-refractivity contribution in [1.29, 1.82) is 0 Å². The lowest BCUT2D eigenvalue weighted by molar-refractivity contribution is 0.111. The van der Waals surface area contributed by atoms with Crippen molar-refractivity contribution in [3.63, 3.8) is 0 Å². The van der Waals surface area contributed by atoms with Crippen LogP contribution in [-0.4, -0.2) is 12.6 Å². The molecule has 0 aromatic heterocycles. The highest BCUT2D eigenvalue weighted by Gasteiger charge is 1.88. The van der Waals surface area contributed by atoms with Gasteiger partial charge in [0.2, 0.25) is 0 Å². The third-order valence-corrected chi connectivity index (χ3v) is 2.43. The molecular formula is C16H17ClO2. The van der Waals surface area contributed by atoms with Crippen molar-refractivity contribution in [2.24, 2.45) is 0 Å². The second-order valence-corrected chi connectivity index (χ2v) is 4.14. The summed E-state index contributed by atoms with van der Waals surface area (Å²) in [7, 11) is 0. The molecule has 0 fully saturated rings. The van der Waals surface area contributed by atoms with E-state index in [9.17, 15) is 9.59 Å². The van der Waals surface area contributed by atoms with Crippen LogP contribution in [0.15, 0.2) is 48.5 Å². The number of aryl methyl sites for hydroxylation is 1. The van der Waals surface area contributed by atoms with Gasteiger partial charge in [-0.1, -0.05) is 61.0 Å². The molecule has 2 rings (SSSR count). The summed E-state index contributed by atoms with van der Waals surface area (Å²) in [6, 6.07) is 14.3. The highest BCUT2D eigenvalue weighted by atomic mass is 35.5. The number of hydrogen-bond acceptors (Lipinski definition) is 2. The van der Waals surface area contributed by atoms with Gasteiger partial charge < -0.3 is 0 Å². The number of halogens is 1. The first-order valence-corrected chi connectivity index (χ1v) is 5.76. The van der Waals surface area contributed by atoms with Gasteiger partial charge in [0.1, 0.15) is 12.6 Å². The fourth-order valence-electron chi connectivity index (χ4n) is 1.22. The summed E-state index contributed by atoms with van der Waals surface area (Å²) < 4.78 is 0. The summed E-state index contributed by atoms with van der Waals surface area (Å²) in [6.07, 6.45) is 1.62. The van der Waals surface area contributed by atoms with Gasteiger partial charge in [-0.2, -0.15) is 0 Å². The molecule has 2 nitrogen and oxygen atoms in total. The van der Waals surface area contributed by atoms with Gasteiger partial charge in [-0.15, -0.1) is 0 Å². The molecule has 0 radical (unpaired) electrons. The zero-order valence-electron chi connectivity index (χ0n) is 9.97. The van der Waals surface area contributed by atoms with Crippen LogP contribution in [0.5, 0.6) is 0 Å². The molecule has 0 atom stereocenters. The minimum atomic E-state index is 0. The van der Waals surface area contributed by atoms with Gasteiger partial charge in [0.05, 0.1) is 0 Å². The standard InChI is InChI=1S/C8H8O.C7H5ClO.CH4/c1-7-2-4-8(6-9)5-3-7;8-7-3-1-2-6(4-7)5-9;/h2-6H,1H3;1-5H;1H4. The highest BCUT2D eigenvalue weighted by molar-refractivity contribution is 6.30. The summed E-state index contributed by atoms with van der Waals surface area (Å²) >= 11 is 5.56. The van der Waals surface area contributed by atoms with Crippen LogP contribution in [0.1, 0.15) is 33.7 Å². The van der Waals surface area contributed by atoms with Crippen molar-refractivity contribution in [1.82, 2.24) is 0 Å². The topological polar surface area (TPSA) is 34.1 Å². The van der Waals surface area contributed by atoms with Gasteiger partial charge in [-0.25, -0.2) is 0 Å². The minimum absolute atomic E-state index is 0. The molecule has 100 valence electrons. The lowest BCUT2D eigenvalue weighted by Crippen LogP contribution is -1.77. The van der Waals surface area contributed by atoms with Crippen LogP contribution >= 0.6 is 11.6 Å². The van der Waals surface area contributed by atoms with Crippen LogP contribution in [0.3, 0.4) is 0 Å². The Morgan fingerprint density at radius 2 is 1.47 bits per heavy atom. The maximum absolute atomic E-state index is 10.1. The largest absolute Gasteiger partial charge is 0.298 e. The molecule has 2 aromatic rings. The molecule has 3 heteroatoms. The van der Waals surface area contributed by atoms with E-state index in [1.54, 1.807) is 24.3 Å². The van der Waals surface area contributed by atoms with Crippen LogP contribution in [0.4, 0.5) is 0 Å². The molecule has 0 N–H and O–H groups in total. The van der Waals surface area contributed by atoms with Crippen LogP contribution in [0.25, 0.3) is 0 Å². The summed E-state index contributed by atoms with van der Waals surface area (Å²) in [4.78, 5) is 20.2. The van der Waals surface area contributed by atoms with Gasteiger partial charge in [0, 0.05) is 16.1 Å². The molecule has 19 heavy (non-hydrogen) atoms. The molecule has 0 aliphatic rings. The van der Waals surface area contributed by atoms with E-state index in [0.717, 1.165) is 18.1 Å². The Kier molecular flexibility index (Phi) is 8.14. The van der Waals surface area contributed by atoms with Crippen molar-refractivity contribution in [2.45, 2.75) is 14.4 Å². The number of carbonyl (C=O) groups is 2. The zero-order chi connectivity index (χ0) is 13.4. The SMILES string of the molecule is C.Cc1ccc(C=O)cc1.O=Cc1cccc(Cl)c1. The molecule has 0 amide bonds. The normalized spacial score (nSPS) is 8.53. The molecule has 0 aliphatic carbocycles. The van der Waals surface area contributed by atoms with E-state index in [4.69, 9.17) is 11.6 Å². The Balaban J connectivity index is 0.000000324. The fraction of sp³-hybridized carbons (Fsp3) is 0.125. The van der Waals surface area contributed by atoms with Crippen molar-refractivity contribution in [3.8, 4) is 0 Å². The number of carbonyl (C=O) groups excluding carboxylic acids is 2. The lowest BCUT2D eigenvalue weighted by atomic mass is 10.2. The second-order valence-electron chi connectivity index (χ2n) is 3.70. The number of hydrogen-bond donors (Lipinski definition) is 0. The van der Waals surface area contributed by atoms with Crippen LogP contribution < -0.4 is 0 Å². The Morgan fingerprint density at radius 1 is 0.895 bits per heavy atom. The van der Waals surface area contributed by atoms with Crippen molar-refractivity contribution < 1.29 is 9.59 Å². The third-order valence-electron chi connectivity index (χ3n) is 2.20. The second kappa shape index (κ2) is 9.06. The molecular weight excluding hydrogens is 260 g/mol. The fourth-order valence-corrected chi connectivity index (χ4v) is 1.42. The van der Waals surface area contributed by atoms with Crippen molar-refractivity contribution in [3.05, 3.63) is 70.2 Å². The van der Waals surface area contributed by atoms with Crippen LogP contribution in [-0.2, 0) is 0 Å². The third kappa shape index (κ3) is 6.53. The molecule has 0 saturated heterocycles. The first kappa shape index (κ1) is 17.1. The maximum atomic E-state index is 10.1. The smallest absolute Gasteiger partial charge is 0.150 e. The van der Waals surface area contributed by atoms with Crippen molar-refractivity contribution >= 4 is 24.2 Å². The summed E-state index contributed by atoms with van der Waals surface area (Å²) in [5.41, 5.74) is 2.53. The van der Waals surface area contributed by atoms with Gasteiger partial charge in [-0.3, -0.25) is 9.59 Å². The van der Waals surface area contributed by atoms with E-state index in [1.165, 1.54) is 5.56 Å². The summed E-state index contributed by atoms with van der Waals surface area (Å²) in [5.74, 6) is 0. The Morgan fingerprint density at radius 3 is 1.89 bits per heavy atom. The molecule has 2 aromatic carbocycles. The van der Waals surface area contributed by atoms with E-state index < -0.39 is 0 Å². The number of benzene rings is 2. The summed E-state index contributed by atoms with van der Waals surface area (Å²) in [6.45, 7) is 1.99. The lowest BCUT2D eigenvalue weighted by Gasteiger charge is -1.89. The summed E-state index contributed by atoms with van der Waals surface area (Å²) in [5, 5.41) is 0.597. The van der Waals surface area contributed by atoms with Gasteiger partial charge in [-0.05, 0) is 19.1 Å². The van der Waals surface area contributed by atoms with E-state index in [1.807, 2.05) is 31.2 Å². The molecule has 0 unspecified atom stereocenters. The van der Waals surface area contributed by atoms with Gasteiger partial charge in [0.15, 0.2) is 0 Å². The van der Waals surface area contributed by atoms with E-state index >= 15 is 0 Å². The first-order valence-electron chi connectivity index (χ1n) is 5.38. The van der Waals surface area contributed by atoms with Crippen LogP contribution in [0.2, 0.25) is 5.02 Å². The molecule has 0 aliphatic heterocycles. The van der Waals surface area contributed by atoms with Gasteiger partial charge in [0.25, 0.3) is 0 Å². The zero-order valence-corrected chi connectivity index (χ0v) is 10.7. The molecule has 0 bridgehead atoms. The Hall–Kier alpha value is -1.93.